The summed E-state index contributed by atoms with van der Waals surface area (Å²) in [6.07, 6.45) is 2.10. The minimum absolute atomic E-state index is 0.0419. The first kappa shape index (κ1) is 17.4. The van der Waals surface area contributed by atoms with Gasteiger partial charge in [0.15, 0.2) is 0 Å². The van der Waals surface area contributed by atoms with Crippen molar-refractivity contribution < 1.29 is 4.79 Å². The van der Waals surface area contributed by atoms with Gasteiger partial charge in [-0.3, -0.25) is 4.79 Å². The van der Waals surface area contributed by atoms with Crippen molar-refractivity contribution in [1.29, 1.82) is 0 Å². The van der Waals surface area contributed by atoms with Gasteiger partial charge in [0.2, 0.25) is 5.91 Å². The standard InChI is InChI=1S/C14H31N3O/c1-11(2)17(6)10-8-7-9-16-13(18)12(15)14(3,4)5/h11-12H,7-10,15H2,1-6H3,(H,16,18)/t12-/m1/s1. The zero-order chi connectivity index (χ0) is 14.3. The molecule has 4 nitrogen and oxygen atoms in total. The number of hydrogen-bond acceptors (Lipinski definition) is 3. The van der Waals surface area contributed by atoms with E-state index in [1.54, 1.807) is 0 Å². The lowest BCUT2D eigenvalue weighted by molar-refractivity contribution is -0.124. The third-order valence-electron chi connectivity index (χ3n) is 3.33. The van der Waals surface area contributed by atoms with Crippen LogP contribution in [-0.4, -0.2) is 43.0 Å². The number of nitrogens with one attached hydrogen (secondary N) is 1. The van der Waals surface area contributed by atoms with E-state index in [0.29, 0.717) is 12.6 Å². The quantitative estimate of drug-likeness (QED) is 0.681. The van der Waals surface area contributed by atoms with Gasteiger partial charge in [-0.15, -0.1) is 0 Å². The van der Waals surface area contributed by atoms with Gasteiger partial charge in [-0.2, -0.15) is 0 Å². The minimum atomic E-state index is -0.434. The van der Waals surface area contributed by atoms with Crippen LogP contribution < -0.4 is 11.1 Å². The van der Waals surface area contributed by atoms with Crippen molar-refractivity contribution in [2.75, 3.05) is 20.1 Å². The van der Waals surface area contributed by atoms with Crippen LogP contribution in [0.1, 0.15) is 47.5 Å². The smallest absolute Gasteiger partial charge is 0.237 e. The van der Waals surface area contributed by atoms with E-state index in [1.807, 2.05) is 20.8 Å². The van der Waals surface area contributed by atoms with Crippen LogP contribution in [0.2, 0.25) is 0 Å². The van der Waals surface area contributed by atoms with Gasteiger partial charge in [0.25, 0.3) is 0 Å². The first-order chi connectivity index (χ1) is 8.16. The van der Waals surface area contributed by atoms with Gasteiger partial charge >= 0.3 is 0 Å². The van der Waals surface area contributed by atoms with Gasteiger partial charge in [0.1, 0.15) is 0 Å². The van der Waals surface area contributed by atoms with E-state index in [-0.39, 0.29) is 11.3 Å². The molecule has 18 heavy (non-hydrogen) atoms. The molecule has 0 aliphatic carbocycles. The lowest BCUT2D eigenvalue weighted by Crippen LogP contribution is -2.48. The molecule has 1 atom stereocenters. The molecule has 0 saturated heterocycles. The highest BCUT2D eigenvalue weighted by atomic mass is 16.2. The number of nitrogens with two attached hydrogens (primary N) is 1. The third kappa shape index (κ3) is 6.97. The normalized spacial score (nSPS) is 14.1. The van der Waals surface area contributed by atoms with Crippen molar-refractivity contribution in [1.82, 2.24) is 10.2 Å². The Balaban J connectivity index is 3.71. The zero-order valence-corrected chi connectivity index (χ0v) is 12.9. The van der Waals surface area contributed by atoms with Gasteiger partial charge in [0.05, 0.1) is 6.04 Å². The summed E-state index contributed by atoms with van der Waals surface area (Å²) in [5, 5.41) is 2.91. The van der Waals surface area contributed by atoms with Crippen LogP contribution >= 0.6 is 0 Å². The van der Waals surface area contributed by atoms with Gasteiger partial charge in [-0.1, -0.05) is 20.8 Å². The molecule has 0 spiro atoms. The maximum absolute atomic E-state index is 11.7. The molecule has 0 rings (SSSR count). The number of rotatable bonds is 7. The van der Waals surface area contributed by atoms with E-state index < -0.39 is 6.04 Å². The van der Waals surface area contributed by atoms with Crippen molar-refractivity contribution in [3.63, 3.8) is 0 Å². The maximum atomic E-state index is 11.7. The number of hydrogen-bond donors (Lipinski definition) is 2. The first-order valence-electron chi connectivity index (χ1n) is 6.89. The second kappa shape index (κ2) is 7.74. The van der Waals surface area contributed by atoms with Crippen LogP contribution in [0.3, 0.4) is 0 Å². The summed E-state index contributed by atoms with van der Waals surface area (Å²) in [5.41, 5.74) is 5.70. The Morgan fingerprint density at radius 1 is 1.28 bits per heavy atom. The van der Waals surface area contributed by atoms with Gasteiger partial charge in [0, 0.05) is 12.6 Å². The Kier molecular flexibility index (Phi) is 7.48. The molecule has 3 N–H and O–H groups in total. The number of amides is 1. The summed E-state index contributed by atoms with van der Waals surface area (Å²) in [4.78, 5) is 14.1. The van der Waals surface area contributed by atoms with Crippen LogP contribution in [-0.2, 0) is 4.79 Å². The molecular weight excluding hydrogens is 226 g/mol. The second-order valence-electron chi connectivity index (χ2n) is 6.42. The van der Waals surface area contributed by atoms with Crippen molar-refractivity contribution in [2.45, 2.75) is 59.5 Å². The Labute approximate surface area is 112 Å². The van der Waals surface area contributed by atoms with Crippen LogP contribution in [0.4, 0.5) is 0 Å². The highest BCUT2D eigenvalue weighted by molar-refractivity contribution is 5.82. The van der Waals surface area contributed by atoms with Gasteiger partial charge in [-0.25, -0.2) is 0 Å². The van der Waals surface area contributed by atoms with Crippen LogP contribution in [0.25, 0.3) is 0 Å². The summed E-state index contributed by atoms with van der Waals surface area (Å²) in [6.45, 7) is 12.1. The lowest BCUT2D eigenvalue weighted by atomic mass is 9.87. The summed E-state index contributed by atoms with van der Waals surface area (Å²) in [7, 11) is 2.12. The summed E-state index contributed by atoms with van der Waals surface area (Å²) < 4.78 is 0. The van der Waals surface area contributed by atoms with Crippen molar-refractivity contribution in [3.8, 4) is 0 Å². The van der Waals surface area contributed by atoms with E-state index in [4.69, 9.17) is 5.73 Å². The summed E-state index contributed by atoms with van der Waals surface area (Å²) in [5.74, 6) is -0.0419. The Bertz CT molecular complexity index is 246. The van der Waals surface area contributed by atoms with E-state index in [2.05, 4.69) is 31.1 Å². The maximum Gasteiger partial charge on any atom is 0.237 e. The predicted octanol–water partition coefficient (Wildman–Crippen LogP) is 1.60. The molecular formula is C14H31N3O. The molecule has 0 unspecified atom stereocenters. The molecule has 0 aliphatic heterocycles. The molecule has 0 fully saturated rings. The molecule has 0 aromatic rings. The minimum Gasteiger partial charge on any atom is -0.355 e. The van der Waals surface area contributed by atoms with Crippen molar-refractivity contribution >= 4 is 5.91 Å². The third-order valence-corrected chi connectivity index (χ3v) is 3.33. The average molecular weight is 257 g/mol. The van der Waals surface area contributed by atoms with Crippen LogP contribution in [0, 0.1) is 5.41 Å². The topological polar surface area (TPSA) is 58.4 Å². The first-order valence-corrected chi connectivity index (χ1v) is 6.89. The van der Waals surface area contributed by atoms with Crippen LogP contribution in [0.15, 0.2) is 0 Å². The van der Waals surface area contributed by atoms with E-state index in [9.17, 15) is 4.79 Å². The van der Waals surface area contributed by atoms with E-state index in [1.165, 1.54) is 0 Å². The fraction of sp³-hybridized carbons (Fsp3) is 0.929. The van der Waals surface area contributed by atoms with Crippen molar-refractivity contribution in [2.24, 2.45) is 11.1 Å². The van der Waals surface area contributed by atoms with E-state index >= 15 is 0 Å². The Morgan fingerprint density at radius 2 is 1.83 bits per heavy atom. The SMILES string of the molecule is CC(C)N(C)CCCCNC(=O)[C@@H](N)C(C)(C)C. The molecule has 0 aromatic heterocycles. The number of unbranched alkanes of at least 4 members (excludes halogenated alkanes) is 1. The molecule has 0 aromatic carbocycles. The average Bonchev–Trinajstić information content (AvgIpc) is 2.25. The number of nitrogens with zero attached hydrogens (tertiary/aromatic N) is 1. The van der Waals surface area contributed by atoms with E-state index in [0.717, 1.165) is 19.4 Å². The molecule has 4 heteroatoms. The fourth-order valence-electron chi connectivity index (χ4n) is 1.46. The molecule has 0 heterocycles. The Morgan fingerprint density at radius 3 is 2.28 bits per heavy atom. The molecule has 108 valence electrons. The predicted molar refractivity (Wildman–Crippen MR) is 77.4 cm³/mol. The number of carbonyl (C=O) groups excluding carboxylic acids is 1. The largest absolute Gasteiger partial charge is 0.355 e. The molecule has 0 radical (unpaired) electrons. The highest BCUT2D eigenvalue weighted by Gasteiger charge is 2.26. The summed E-state index contributed by atoms with van der Waals surface area (Å²) >= 11 is 0. The molecule has 0 bridgehead atoms. The lowest BCUT2D eigenvalue weighted by Gasteiger charge is -2.26. The van der Waals surface area contributed by atoms with Crippen molar-refractivity contribution in [3.05, 3.63) is 0 Å². The molecule has 1 amide bonds. The highest BCUT2D eigenvalue weighted by Crippen LogP contribution is 2.17. The Hall–Kier alpha value is -0.610. The van der Waals surface area contributed by atoms with Gasteiger partial charge in [-0.05, 0) is 45.7 Å². The number of carbonyl (C=O) groups is 1. The van der Waals surface area contributed by atoms with Gasteiger partial charge < -0.3 is 16.0 Å². The fourth-order valence-corrected chi connectivity index (χ4v) is 1.46. The zero-order valence-electron chi connectivity index (χ0n) is 12.9. The van der Waals surface area contributed by atoms with Crippen LogP contribution in [0.5, 0.6) is 0 Å². The summed E-state index contributed by atoms with van der Waals surface area (Å²) in [6, 6.07) is 0.143. The molecule has 0 saturated carbocycles. The monoisotopic (exact) mass is 257 g/mol. The molecule has 0 aliphatic rings. The second-order valence-corrected chi connectivity index (χ2v) is 6.42.